The molecule has 0 fully saturated rings. The minimum absolute atomic E-state index is 0.918. The van der Waals surface area contributed by atoms with Gasteiger partial charge in [-0.05, 0) is 41.6 Å². The highest BCUT2D eigenvalue weighted by Crippen LogP contribution is 2.19. The Morgan fingerprint density at radius 1 is 1.29 bits per heavy atom. The van der Waals surface area contributed by atoms with Crippen molar-refractivity contribution in [2.75, 3.05) is 0 Å². The number of nitrogens with zero attached hydrogens (tertiary/aromatic N) is 3. The summed E-state index contributed by atoms with van der Waals surface area (Å²) in [6.45, 7) is 1.95. The van der Waals surface area contributed by atoms with E-state index in [2.05, 4.69) is 44.9 Å². The van der Waals surface area contributed by atoms with Gasteiger partial charge in [0, 0.05) is 16.2 Å². The summed E-state index contributed by atoms with van der Waals surface area (Å²) in [6, 6.07) is 8.24. The minimum Gasteiger partial charge on any atom is -0.314 e. The van der Waals surface area contributed by atoms with Crippen molar-refractivity contribution in [1.29, 1.82) is 0 Å². The van der Waals surface area contributed by atoms with Crippen LogP contribution in [0.4, 0.5) is 0 Å². The molecule has 0 N–H and O–H groups in total. The monoisotopic (exact) mass is 299 g/mol. The highest BCUT2D eigenvalue weighted by atomic mass is 127. The first-order chi connectivity index (χ1) is 6.68. The quantitative estimate of drug-likeness (QED) is 0.757. The highest BCUT2D eigenvalue weighted by Gasteiger charge is 2.06. The molecule has 0 atom stereocenters. The van der Waals surface area contributed by atoms with Crippen molar-refractivity contribution in [1.82, 2.24) is 14.8 Å². The second-order valence-corrected chi connectivity index (χ2v) is 4.39. The standard InChI is InChI=1S/C10H10IN3/c1-7-12-13-10(14(7)2)8-4-3-5-9(11)6-8/h3-6H,1-2H3. The summed E-state index contributed by atoms with van der Waals surface area (Å²) in [6.07, 6.45) is 0. The Hall–Kier alpha value is -0.910. The number of benzene rings is 1. The van der Waals surface area contributed by atoms with Gasteiger partial charge in [-0.15, -0.1) is 10.2 Å². The summed E-state index contributed by atoms with van der Waals surface area (Å²) < 4.78 is 3.20. The normalized spacial score (nSPS) is 10.5. The van der Waals surface area contributed by atoms with Crippen molar-refractivity contribution in [3.8, 4) is 11.4 Å². The Kier molecular flexibility index (Phi) is 2.54. The molecule has 1 heterocycles. The van der Waals surface area contributed by atoms with E-state index in [0.717, 1.165) is 17.2 Å². The first-order valence-corrected chi connectivity index (χ1v) is 5.38. The third kappa shape index (κ3) is 1.66. The molecule has 4 heteroatoms. The number of hydrogen-bond acceptors (Lipinski definition) is 2. The van der Waals surface area contributed by atoms with E-state index in [9.17, 15) is 0 Å². The van der Waals surface area contributed by atoms with Gasteiger partial charge in [-0.1, -0.05) is 12.1 Å². The second-order valence-electron chi connectivity index (χ2n) is 3.14. The molecule has 0 aliphatic rings. The summed E-state index contributed by atoms with van der Waals surface area (Å²) in [5.41, 5.74) is 1.11. The fraction of sp³-hybridized carbons (Fsp3) is 0.200. The van der Waals surface area contributed by atoms with Gasteiger partial charge in [-0.25, -0.2) is 0 Å². The van der Waals surface area contributed by atoms with Crippen LogP contribution in [0.5, 0.6) is 0 Å². The van der Waals surface area contributed by atoms with Gasteiger partial charge < -0.3 is 4.57 Å². The molecule has 0 aliphatic carbocycles. The molecule has 0 unspecified atom stereocenters. The van der Waals surface area contributed by atoms with Crippen LogP contribution in [0.1, 0.15) is 5.82 Å². The predicted molar refractivity (Wildman–Crippen MR) is 63.9 cm³/mol. The summed E-state index contributed by atoms with van der Waals surface area (Å²) in [4.78, 5) is 0. The van der Waals surface area contributed by atoms with Gasteiger partial charge in [0.25, 0.3) is 0 Å². The zero-order chi connectivity index (χ0) is 10.1. The van der Waals surface area contributed by atoms with Crippen LogP contribution in [0, 0.1) is 10.5 Å². The van der Waals surface area contributed by atoms with Gasteiger partial charge in [-0.3, -0.25) is 0 Å². The lowest BCUT2D eigenvalue weighted by Crippen LogP contribution is -1.94. The number of halogens is 1. The van der Waals surface area contributed by atoms with Crippen LogP contribution in [0.25, 0.3) is 11.4 Å². The van der Waals surface area contributed by atoms with Crippen LogP contribution in [0.2, 0.25) is 0 Å². The molecule has 72 valence electrons. The van der Waals surface area contributed by atoms with Crippen LogP contribution in [-0.4, -0.2) is 14.8 Å². The fourth-order valence-electron chi connectivity index (χ4n) is 1.29. The third-order valence-electron chi connectivity index (χ3n) is 2.18. The molecule has 14 heavy (non-hydrogen) atoms. The molecule has 2 rings (SSSR count). The van der Waals surface area contributed by atoms with Gasteiger partial charge in [0.2, 0.25) is 0 Å². The number of aromatic nitrogens is 3. The Morgan fingerprint density at radius 2 is 2.07 bits per heavy atom. The zero-order valence-electron chi connectivity index (χ0n) is 8.03. The van der Waals surface area contributed by atoms with Crippen molar-refractivity contribution >= 4 is 22.6 Å². The van der Waals surface area contributed by atoms with Crippen molar-refractivity contribution in [2.24, 2.45) is 7.05 Å². The Morgan fingerprint density at radius 3 is 2.64 bits per heavy atom. The van der Waals surface area contributed by atoms with Crippen molar-refractivity contribution in [3.05, 3.63) is 33.7 Å². The maximum atomic E-state index is 4.14. The van der Waals surface area contributed by atoms with Crippen molar-refractivity contribution < 1.29 is 0 Å². The predicted octanol–water partition coefficient (Wildman–Crippen LogP) is 2.40. The van der Waals surface area contributed by atoms with Crippen LogP contribution in [-0.2, 0) is 7.05 Å². The maximum absolute atomic E-state index is 4.14. The molecule has 0 bridgehead atoms. The SMILES string of the molecule is Cc1nnc(-c2cccc(I)c2)n1C. The molecule has 0 aliphatic heterocycles. The van der Waals surface area contributed by atoms with E-state index in [1.807, 2.05) is 30.7 Å². The smallest absolute Gasteiger partial charge is 0.163 e. The molecule has 1 aromatic carbocycles. The molecule has 0 saturated heterocycles. The molecule has 2 aromatic rings. The summed E-state index contributed by atoms with van der Waals surface area (Å²) in [7, 11) is 1.98. The lowest BCUT2D eigenvalue weighted by Gasteiger charge is -2.01. The molecule has 0 amide bonds. The Labute approximate surface area is 96.3 Å². The van der Waals surface area contributed by atoms with E-state index in [1.165, 1.54) is 3.57 Å². The first-order valence-electron chi connectivity index (χ1n) is 4.30. The molecule has 0 radical (unpaired) electrons. The summed E-state index contributed by atoms with van der Waals surface area (Å²) in [5, 5.41) is 8.17. The topological polar surface area (TPSA) is 30.7 Å². The van der Waals surface area contributed by atoms with Crippen LogP contribution >= 0.6 is 22.6 Å². The molecular weight excluding hydrogens is 289 g/mol. The van der Waals surface area contributed by atoms with E-state index in [1.54, 1.807) is 0 Å². The summed E-state index contributed by atoms with van der Waals surface area (Å²) in [5.74, 6) is 1.85. The molecule has 0 saturated carbocycles. The third-order valence-corrected chi connectivity index (χ3v) is 2.85. The second kappa shape index (κ2) is 3.68. The zero-order valence-corrected chi connectivity index (χ0v) is 10.2. The Bertz CT molecular complexity index is 462. The Balaban J connectivity index is 2.55. The first kappa shape index (κ1) is 9.64. The maximum Gasteiger partial charge on any atom is 0.163 e. The van der Waals surface area contributed by atoms with Crippen molar-refractivity contribution in [2.45, 2.75) is 6.92 Å². The van der Waals surface area contributed by atoms with E-state index >= 15 is 0 Å². The lowest BCUT2D eigenvalue weighted by molar-refractivity contribution is 0.865. The van der Waals surface area contributed by atoms with Gasteiger partial charge in [0.1, 0.15) is 5.82 Å². The van der Waals surface area contributed by atoms with Crippen LogP contribution in [0.3, 0.4) is 0 Å². The average Bonchev–Trinajstić information content (AvgIpc) is 2.48. The van der Waals surface area contributed by atoms with Gasteiger partial charge in [0.15, 0.2) is 5.82 Å². The average molecular weight is 299 g/mol. The van der Waals surface area contributed by atoms with E-state index in [0.29, 0.717) is 0 Å². The van der Waals surface area contributed by atoms with Gasteiger partial charge >= 0.3 is 0 Å². The van der Waals surface area contributed by atoms with E-state index < -0.39 is 0 Å². The number of hydrogen-bond donors (Lipinski definition) is 0. The fourth-order valence-corrected chi connectivity index (χ4v) is 1.83. The highest BCUT2D eigenvalue weighted by molar-refractivity contribution is 14.1. The van der Waals surface area contributed by atoms with Crippen LogP contribution in [0.15, 0.2) is 24.3 Å². The van der Waals surface area contributed by atoms with E-state index in [-0.39, 0.29) is 0 Å². The molecule has 0 spiro atoms. The van der Waals surface area contributed by atoms with E-state index in [4.69, 9.17) is 0 Å². The number of aryl methyl sites for hydroxylation is 1. The van der Waals surface area contributed by atoms with Gasteiger partial charge in [-0.2, -0.15) is 0 Å². The summed E-state index contributed by atoms with van der Waals surface area (Å²) >= 11 is 2.29. The lowest BCUT2D eigenvalue weighted by atomic mass is 10.2. The molecule has 1 aromatic heterocycles. The largest absolute Gasteiger partial charge is 0.314 e. The van der Waals surface area contributed by atoms with Gasteiger partial charge in [0.05, 0.1) is 0 Å². The number of rotatable bonds is 1. The van der Waals surface area contributed by atoms with Crippen molar-refractivity contribution in [3.63, 3.8) is 0 Å². The molecule has 3 nitrogen and oxygen atoms in total. The van der Waals surface area contributed by atoms with Crippen LogP contribution < -0.4 is 0 Å². The molecular formula is C10H10IN3. The minimum atomic E-state index is 0.918.